The van der Waals surface area contributed by atoms with Crippen LogP contribution in [-0.4, -0.2) is 15.5 Å². The Morgan fingerprint density at radius 1 is 1.17 bits per heavy atom. The third-order valence-corrected chi connectivity index (χ3v) is 3.58. The number of halogens is 2. The predicted octanol–water partition coefficient (Wildman–Crippen LogP) is 3.28. The number of nitrogens with zero attached hydrogens (tertiary/aromatic N) is 2. The summed E-state index contributed by atoms with van der Waals surface area (Å²) in [7, 11) is 0. The molecule has 0 aliphatic carbocycles. The van der Waals surface area contributed by atoms with Crippen LogP contribution in [-0.2, 0) is 0 Å². The zero-order valence-electron chi connectivity index (χ0n) is 12.2. The van der Waals surface area contributed by atoms with Gasteiger partial charge in [-0.2, -0.15) is 0 Å². The number of anilines is 1. The molecule has 7 heteroatoms. The molecule has 24 heavy (non-hydrogen) atoms. The number of benzene rings is 2. The SMILES string of the molecule is O=C(Nc1nccn(-c2ccc(F)c(Cl)c2)c1=O)c1ccccc1. The van der Waals surface area contributed by atoms with Gasteiger partial charge in [0.05, 0.1) is 10.7 Å². The third-order valence-electron chi connectivity index (χ3n) is 3.29. The number of carbonyl (C=O) groups is 1. The molecule has 0 spiro atoms. The summed E-state index contributed by atoms with van der Waals surface area (Å²) < 4.78 is 14.5. The van der Waals surface area contributed by atoms with E-state index in [-0.39, 0.29) is 10.8 Å². The molecule has 3 aromatic rings. The Bertz CT molecular complexity index is 958. The Morgan fingerprint density at radius 2 is 1.92 bits per heavy atom. The van der Waals surface area contributed by atoms with Gasteiger partial charge in [0, 0.05) is 18.0 Å². The van der Waals surface area contributed by atoms with Gasteiger partial charge in [0.2, 0.25) is 0 Å². The van der Waals surface area contributed by atoms with E-state index in [4.69, 9.17) is 11.6 Å². The van der Waals surface area contributed by atoms with Crippen molar-refractivity contribution in [2.75, 3.05) is 5.32 Å². The maximum Gasteiger partial charge on any atom is 0.298 e. The molecule has 2 aromatic carbocycles. The van der Waals surface area contributed by atoms with Crippen molar-refractivity contribution < 1.29 is 9.18 Å². The highest BCUT2D eigenvalue weighted by Crippen LogP contribution is 2.18. The second-order valence-corrected chi connectivity index (χ2v) is 5.28. The fourth-order valence-corrected chi connectivity index (χ4v) is 2.28. The molecule has 5 nitrogen and oxygen atoms in total. The molecule has 0 fully saturated rings. The molecule has 1 N–H and O–H groups in total. The summed E-state index contributed by atoms with van der Waals surface area (Å²) in [6, 6.07) is 12.3. The smallest absolute Gasteiger partial charge is 0.298 e. The normalized spacial score (nSPS) is 10.4. The summed E-state index contributed by atoms with van der Waals surface area (Å²) >= 11 is 5.74. The van der Waals surface area contributed by atoms with Gasteiger partial charge in [-0.3, -0.25) is 14.2 Å². The average Bonchev–Trinajstić information content (AvgIpc) is 2.60. The van der Waals surface area contributed by atoms with Gasteiger partial charge in [-0.15, -0.1) is 0 Å². The molecule has 0 unspecified atom stereocenters. The molecule has 0 aliphatic heterocycles. The van der Waals surface area contributed by atoms with Gasteiger partial charge in [0.15, 0.2) is 5.82 Å². The maximum absolute atomic E-state index is 13.3. The molecule has 0 saturated heterocycles. The third kappa shape index (κ3) is 3.18. The summed E-state index contributed by atoms with van der Waals surface area (Å²) in [4.78, 5) is 28.5. The number of carbonyl (C=O) groups excluding carboxylic acids is 1. The van der Waals surface area contributed by atoms with Gasteiger partial charge >= 0.3 is 0 Å². The van der Waals surface area contributed by atoms with Crippen molar-refractivity contribution in [2.45, 2.75) is 0 Å². The molecule has 0 atom stereocenters. The predicted molar refractivity (Wildman–Crippen MR) is 89.2 cm³/mol. The Hall–Kier alpha value is -2.99. The lowest BCUT2D eigenvalue weighted by Crippen LogP contribution is -2.26. The highest BCUT2D eigenvalue weighted by Gasteiger charge is 2.12. The number of amides is 1. The van der Waals surface area contributed by atoms with E-state index in [2.05, 4.69) is 10.3 Å². The van der Waals surface area contributed by atoms with Crippen molar-refractivity contribution in [1.29, 1.82) is 0 Å². The van der Waals surface area contributed by atoms with E-state index in [1.165, 1.54) is 29.1 Å². The topological polar surface area (TPSA) is 64.0 Å². The van der Waals surface area contributed by atoms with Crippen molar-refractivity contribution in [3.05, 3.63) is 87.7 Å². The van der Waals surface area contributed by atoms with Gasteiger partial charge < -0.3 is 5.32 Å². The van der Waals surface area contributed by atoms with Gasteiger partial charge in [-0.25, -0.2) is 9.37 Å². The summed E-state index contributed by atoms with van der Waals surface area (Å²) in [6.45, 7) is 0. The fraction of sp³-hybridized carbons (Fsp3) is 0. The first kappa shape index (κ1) is 15.9. The molecular weight excluding hydrogens is 333 g/mol. The highest BCUT2D eigenvalue weighted by molar-refractivity contribution is 6.30. The minimum atomic E-state index is -0.583. The van der Waals surface area contributed by atoms with E-state index >= 15 is 0 Å². The van der Waals surface area contributed by atoms with E-state index in [0.717, 1.165) is 6.07 Å². The molecule has 1 aromatic heterocycles. The van der Waals surface area contributed by atoms with E-state index < -0.39 is 17.3 Å². The van der Waals surface area contributed by atoms with Crippen LogP contribution in [0.15, 0.2) is 65.7 Å². The number of aromatic nitrogens is 2. The van der Waals surface area contributed by atoms with Crippen LogP contribution in [0.1, 0.15) is 10.4 Å². The second-order valence-electron chi connectivity index (χ2n) is 4.87. The van der Waals surface area contributed by atoms with E-state index in [1.54, 1.807) is 30.3 Å². The number of hydrogen-bond donors (Lipinski definition) is 1. The molecule has 1 heterocycles. The molecule has 0 bridgehead atoms. The fourth-order valence-electron chi connectivity index (χ4n) is 2.10. The Labute approximate surface area is 141 Å². The highest BCUT2D eigenvalue weighted by atomic mass is 35.5. The van der Waals surface area contributed by atoms with Crippen LogP contribution < -0.4 is 10.9 Å². The van der Waals surface area contributed by atoms with Crippen molar-refractivity contribution >= 4 is 23.3 Å². The van der Waals surface area contributed by atoms with Crippen LogP contribution in [0, 0.1) is 5.82 Å². The summed E-state index contributed by atoms with van der Waals surface area (Å²) in [5.41, 5.74) is 0.215. The molecule has 0 radical (unpaired) electrons. The maximum atomic E-state index is 13.3. The van der Waals surface area contributed by atoms with Crippen molar-refractivity contribution in [2.24, 2.45) is 0 Å². The lowest BCUT2D eigenvalue weighted by Gasteiger charge is -2.09. The standard InChI is InChI=1S/C17H11ClFN3O2/c18-13-10-12(6-7-14(13)19)22-9-8-20-15(17(22)24)21-16(23)11-4-2-1-3-5-11/h1-10H,(H,20,21,23). The number of rotatable bonds is 3. The largest absolute Gasteiger partial charge is 0.302 e. The van der Waals surface area contributed by atoms with Crippen LogP contribution in [0.5, 0.6) is 0 Å². The zero-order valence-corrected chi connectivity index (χ0v) is 13.0. The van der Waals surface area contributed by atoms with Crippen molar-refractivity contribution in [1.82, 2.24) is 9.55 Å². The molecule has 0 aliphatic rings. The van der Waals surface area contributed by atoms with Gasteiger partial charge in [-0.1, -0.05) is 29.8 Å². The van der Waals surface area contributed by atoms with Gasteiger partial charge in [0.1, 0.15) is 5.82 Å². The van der Waals surface area contributed by atoms with Crippen molar-refractivity contribution in [3.63, 3.8) is 0 Å². The lowest BCUT2D eigenvalue weighted by atomic mass is 10.2. The number of nitrogens with one attached hydrogen (secondary N) is 1. The summed E-state index contributed by atoms with van der Waals surface area (Å²) in [5, 5.41) is 2.37. The first-order valence-electron chi connectivity index (χ1n) is 6.96. The van der Waals surface area contributed by atoms with Gasteiger partial charge in [-0.05, 0) is 30.3 Å². The van der Waals surface area contributed by atoms with E-state index in [1.807, 2.05) is 0 Å². The monoisotopic (exact) mass is 343 g/mol. The Kier molecular flexibility index (Phi) is 4.39. The summed E-state index contributed by atoms with van der Waals surface area (Å²) in [5.74, 6) is -1.16. The molecule has 3 rings (SSSR count). The molecular formula is C17H11ClFN3O2. The zero-order chi connectivity index (χ0) is 17.1. The average molecular weight is 344 g/mol. The quantitative estimate of drug-likeness (QED) is 0.793. The van der Waals surface area contributed by atoms with E-state index in [0.29, 0.717) is 11.3 Å². The Morgan fingerprint density at radius 3 is 2.62 bits per heavy atom. The van der Waals surface area contributed by atoms with Gasteiger partial charge in [0.25, 0.3) is 11.5 Å². The molecule has 1 amide bonds. The van der Waals surface area contributed by atoms with E-state index in [9.17, 15) is 14.0 Å². The lowest BCUT2D eigenvalue weighted by molar-refractivity contribution is 0.102. The van der Waals surface area contributed by atoms with Crippen LogP contribution in [0.3, 0.4) is 0 Å². The van der Waals surface area contributed by atoms with Crippen LogP contribution in [0.4, 0.5) is 10.2 Å². The first-order valence-corrected chi connectivity index (χ1v) is 7.33. The minimum absolute atomic E-state index is 0.105. The number of hydrogen-bond acceptors (Lipinski definition) is 3. The van der Waals surface area contributed by atoms with Crippen LogP contribution >= 0.6 is 11.6 Å². The minimum Gasteiger partial charge on any atom is -0.302 e. The Balaban J connectivity index is 1.95. The summed E-state index contributed by atoms with van der Waals surface area (Å²) in [6.07, 6.45) is 2.77. The second kappa shape index (κ2) is 6.64. The van der Waals surface area contributed by atoms with Crippen LogP contribution in [0.25, 0.3) is 5.69 Å². The molecule has 120 valence electrons. The van der Waals surface area contributed by atoms with Crippen molar-refractivity contribution in [3.8, 4) is 5.69 Å². The first-order chi connectivity index (χ1) is 11.6. The van der Waals surface area contributed by atoms with Crippen LogP contribution in [0.2, 0.25) is 5.02 Å². The molecule has 0 saturated carbocycles.